The first kappa shape index (κ1) is 17.1. The molecule has 130 valence electrons. The lowest BCUT2D eigenvalue weighted by molar-refractivity contribution is -0.146. The van der Waals surface area contributed by atoms with Gasteiger partial charge in [0.25, 0.3) is 0 Å². The Morgan fingerprint density at radius 1 is 1.08 bits per heavy atom. The maximum absolute atomic E-state index is 12.3. The third kappa shape index (κ3) is 4.03. The highest BCUT2D eigenvalue weighted by atomic mass is 16.2. The third-order valence-corrected chi connectivity index (χ3v) is 4.64. The molecule has 2 fully saturated rings. The lowest BCUT2D eigenvalue weighted by Crippen LogP contribution is -2.51. The molecule has 2 saturated heterocycles. The molecule has 0 saturated carbocycles. The minimum absolute atomic E-state index is 0.137. The fraction of sp³-hybridized carbons (Fsp3) is 0.444. The molecule has 0 radical (unpaired) electrons. The number of amides is 3. The van der Waals surface area contributed by atoms with Gasteiger partial charge in [-0.3, -0.25) is 24.2 Å². The van der Waals surface area contributed by atoms with Gasteiger partial charge >= 0.3 is 0 Å². The minimum atomic E-state index is -0.255. The smallest absolute Gasteiger partial charge is 0.242 e. The molecule has 0 unspecified atom stereocenters. The summed E-state index contributed by atoms with van der Waals surface area (Å²) in [5.74, 6) is -0.682. The van der Waals surface area contributed by atoms with Gasteiger partial charge < -0.3 is 4.90 Å². The van der Waals surface area contributed by atoms with Gasteiger partial charge in [-0.25, -0.2) is 0 Å². The van der Waals surface area contributed by atoms with E-state index in [9.17, 15) is 14.4 Å². The van der Waals surface area contributed by atoms with E-state index >= 15 is 0 Å². The Kier molecular flexibility index (Phi) is 5.10. The number of imide groups is 1. The molecule has 0 bridgehead atoms. The van der Waals surface area contributed by atoms with Crippen molar-refractivity contribution in [2.45, 2.75) is 19.4 Å². The predicted molar refractivity (Wildman–Crippen MR) is 89.0 cm³/mol. The zero-order chi connectivity index (χ0) is 17.8. The van der Waals surface area contributed by atoms with E-state index in [1.165, 1.54) is 0 Å². The monoisotopic (exact) mass is 340 g/mol. The Morgan fingerprint density at radius 2 is 1.76 bits per heavy atom. The van der Waals surface area contributed by atoms with Crippen LogP contribution in [0.5, 0.6) is 0 Å². The predicted octanol–water partition coefficient (Wildman–Crippen LogP) is 0.351. The highest BCUT2D eigenvalue weighted by Crippen LogP contribution is 2.14. The van der Waals surface area contributed by atoms with E-state index in [0.717, 1.165) is 30.1 Å². The molecule has 2 aliphatic heterocycles. The number of nitriles is 1. The number of piperazine rings is 1. The van der Waals surface area contributed by atoms with Crippen LogP contribution in [0.3, 0.4) is 0 Å². The molecule has 7 heteroatoms. The van der Waals surface area contributed by atoms with Crippen LogP contribution in [0, 0.1) is 11.3 Å². The number of hydrogen-bond donors (Lipinski definition) is 0. The van der Waals surface area contributed by atoms with Crippen LogP contribution < -0.4 is 0 Å². The SMILES string of the molecule is N#Cc1cccc(CN2CCN(C(=O)CN3C(=O)CCC3=O)CC2)c1. The number of carbonyl (C=O) groups excluding carboxylic acids is 3. The van der Waals surface area contributed by atoms with Gasteiger partial charge in [-0.2, -0.15) is 5.26 Å². The Bertz CT molecular complexity index is 716. The van der Waals surface area contributed by atoms with E-state index in [1.807, 2.05) is 18.2 Å². The van der Waals surface area contributed by atoms with Crippen LogP contribution in [-0.2, 0) is 20.9 Å². The van der Waals surface area contributed by atoms with E-state index in [0.29, 0.717) is 18.7 Å². The number of rotatable bonds is 4. The van der Waals surface area contributed by atoms with Crippen LogP contribution in [0.15, 0.2) is 24.3 Å². The van der Waals surface area contributed by atoms with E-state index < -0.39 is 0 Å². The minimum Gasteiger partial charge on any atom is -0.339 e. The molecule has 0 spiro atoms. The van der Waals surface area contributed by atoms with Crippen LogP contribution in [0.2, 0.25) is 0 Å². The molecule has 3 amide bonds. The summed E-state index contributed by atoms with van der Waals surface area (Å²) in [6.45, 7) is 3.21. The molecule has 0 atom stereocenters. The van der Waals surface area contributed by atoms with Crippen molar-refractivity contribution < 1.29 is 14.4 Å². The number of likely N-dealkylation sites (tertiary alicyclic amines) is 1. The highest BCUT2D eigenvalue weighted by Gasteiger charge is 2.32. The standard InChI is InChI=1S/C18H20N4O3/c19-11-14-2-1-3-15(10-14)12-20-6-8-21(9-7-20)18(25)13-22-16(23)4-5-17(22)24/h1-3,10H,4-9,12-13H2. The summed E-state index contributed by atoms with van der Waals surface area (Å²) in [7, 11) is 0. The van der Waals surface area contributed by atoms with Gasteiger partial charge in [-0.05, 0) is 17.7 Å². The summed E-state index contributed by atoms with van der Waals surface area (Å²) < 4.78 is 0. The van der Waals surface area contributed by atoms with E-state index in [2.05, 4.69) is 11.0 Å². The summed E-state index contributed by atoms with van der Waals surface area (Å²) in [6.07, 6.45) is 0.420. The van der Waals surface area contributed by atoms with Gasteiger partial charge in [0.05, 0.1) is 11.6 Å². The second-order valence-electron chi connectivity index (χ2n) is 6.34. The molecule has 1 aromatic carbocycles. The fourth-order valence-electron chi connectivity index (χ4n) is 3.19. The first-order chi connectivity index (χ1) is 12.1. The van der Waals surface area contributed by atoms with Crippen molar-refractivity contribution in [3.63, 3.8) is 0 Å². The summed E-state index contributed by atoms with van der Waals surface area (Å²) >= 11 is 0. The van der Waals surface area contributed by atoms with Gasteiger partial charge in [0.2, 0.25) is 17.7 Å². The molecule has 0 aromatic heterocycles. The van der Waals surface area contributed by atoms with Crippen molar-refractivity contribution in [3.8, 4) is 6.07 Å². The molecular formula is C18H20N4O3. The van der Waals surface area contributed by atoms with Crippen molar-refractivity contribution in [1.29, 1.82) is 5.26 Å². The molecule has 1 aromatic rings. The van der Waals surface area contributed by atoms with Gasteiger partial charge in [-0.1, -0.05) is 12.1 Å². The van der Waals surface area contributed by atoms with Gasteiger partial charge in [-0.15, -0.1) is 0 Å². The zero-order valence-electron chi connectivity index (χ0n) is 14.0. The van der Waals surface area contributed by atoms with Crippen LogP contribution in [0.4, 0.5) is 0 Å². The summed E-state index contributed by atoms with van der Waals surface area (Å²) in [6, 6.07) is 9.65. The maximum Gasteiger partial charge on any atom is 0.242 e. The molecule has 2 aliphatic rings. The lowest BCUT2D eigenvalue weighted by Gasteiger charge is -2.35. The average Bonchev–Trinajstić information content (AvgIpc) is 2.94. The highest BCUT2D eigenvalue weighted by molar-refractivity contribution is 6.04. The maximum atomic E-state index is 12.3. The fourth-order valence-corrected chi connectivity index (χ4v) is 3.19. The summed E-state index contributed by atoms with van der Waals surface area (Å²) in [4.78, 5) is 40.6. The first-order valence-electron chi connectivity index (χ1n) is 8.39. The molecule has 0 N–H and O–H groups in total. The molecule has 0 aliphatic carbocycles. The first-order valence-corrected chi connectivity index (χ1v) is 8.39. The molecular weight excluding hydrogens is 320 g/mol. The van der Waals surface area contributed by atoms with Crippen molar-refractivity contribution in [2.24, 2.45) is 0 Å². The number of nitrogens with zero attached hydrogens (tertiary/aromatic N) is 4. The largest absolute Gasteiger partial charge is 0.339 e. The van der Waals surface area contributed by atoms with Gasteiger partial charge in [0, 0.05) is 45.6 Å². The van der Waals surface area contributed by atoms with Crippen LogP contribution in [-0.4, -0.2) is 65.1 Å². The van der Waals surface area contributed by atoms with E-state index in [1.54, 1.807) is 11.0 Å². The Balaban J connectivity index is 1.49. The number of carbonyl (C=O) groups is 3. The molecule has 2 heterocycles. The van der Waals surface area contributed by atoms with Crippen molar-refractivity contribution >= 4 is 17.7 Å². The summed E-state index contributed by atoms with van der Waals surface area (Å²) in [5.41, 5.74) is 1.72. The van der Waals surface area contributed by atoms with Gasteiger partial charge in [0.15, 0.2) is 0 Å². The number of hydrogen-bond acceptors (Lipinski definition) is 5. The third-order valence-electron chi connectivity index (χ3n) is 4.64. The quantitative estimate of drug-likeness (QED) is 0.739. The second-order valence-corrected chi connectivity index (χ2v) is 6.34. The molecule has 3 rings (SSSR count). The zero-order valence-corrected chi connectivity index (χ0v) is 14.0. The van der Waals surface area contributed by atoms with Crippen LogP contribution >= 0.6 is 0 Å². The van der Waals surface area contributed by atoms with E-state index in [4.69, 9.17) is 5.26 Å². The normalized spacial score (nSPS) is 18.5. The van der Waals surface area contributed by atoms with Crippen LogP contribution in [0.1, 0.15) is 24.0 Å². The second kappa shape index (κ2) is 7.45. The van der Waals surface area contributed by atoms with E-state index in [-0.39, 0.29) is 37.1 Å². The van der Waals surface area contributed by atoms with Crippen molar-refractivity contribution in [1.82, 2.24) is 14.7 Å². The Hall–Kier alpha value is -2.72. The molecule has 25 heavy (non-hydrogen) atoms. The van der Waals surface area contributed by atoms with Gasteiger partial charge in [0.1, 0.15) is 6.54 Å². The van der Waals surface area contributed by atoms with Crippen molar-refractivity contribution in [3.05, 3.63) is 35.4 Å². The Labute approximate surface area is 146 Å². The average molecular weight is 340 g/mol. The van der Waals surface area contributed by atoms with Crippen LogP contribution in [0.25, 0.3) is 0 Å². The lowest BCUT2D eigenvalue weighted by atomic mass is 10.1. The summed E-state index contributed by atoms with van der Waals surface area (Å²) in [5, 5.41) is 8.96. The topological polar surface area (TPSA) is 84.7 Å². The Morgan fingerprint density at radius 3 is 2.40 bits per heavy atom. The van der Waals surface area contributed by atoms with Crippen molar-refractivity contribution in [2.75, 3.05) is 32.7 Å². The number of benzene rings is 1. The molecule has 7 nitrogen and oxygen atoms in total.